The van der Waals surface area contributed by atoms with Gasteiger partial charge < -0.3 is 10.4 Å². The Bertz CT molecular complexity index is 183. The number of hydrogen-bond donors (Lipinski definition) is 2. The van der Waals surface area contributed by atoms with Crippen LogP contribution in [0.3, 0.4) is 0 Å². The summed E-state index contributed by atoms with van der Waals surface area (Å²) in [7, 11) is 0. The quantitative estimate of drug-likeness (QED) is 0.539. The molecule has 0 unspecified atom stereocenters. The van der Waals surface area contributed by atoms with Crippen molar-refractivity contribution in [1.29, 1.82) is 0 Å². The highest BCUT2D eigenvalue weighted by atomic mass is 19.1. The molecule has 0 aromatic rings. The van der Waals surface area contributed by atoms with E-state index in [1.807, 2.05) is 0 Å². The standard InChI is InChI=1S/C7H10FNO2/c1-2-4-5(3-10)9-7(11)6(4)8/h2,4-6,10H,1,3H2,(H,9,11)/t4-,5+,6-/m1/s1. The third kappa shape index (κ3) is 1.26. The van der Waals surface area contributed by atoms with Gasteiger partial charge in [0, 0.05) is 5.92 Å². The molecule has 1 aliphatic heterocycles. The number of amides is 1. The van der Waals surface area contributed by atoms with Crippen molar-refractivity contribution in [2.45, 2.75) is 12.2 Å². The van der Waals surface area contributed by atoms with Crippen LogP contribution in [-0.2, 0) is 4.79 Å². The van der Waals surface area contributed by atoms with Crippen LogP contribution >= 0.6 is 0 Å². The maximum atomic E-state index is 12.8. The fourth-order valence-corrected chi connectivity index (χ4v) is 1.19. The van der Waals surface area contributed by atoms with Crippen LogP contribution in [0.4, 0.5) is 4.39 Å². The smallest absolute Gasteiger partial charge is 0.255 e. The van der Waals surface area contributed by atoms with E-state index in [1.54, 1.807) is 0 Å². The van der Waals surface area contributed by atoms with Crippen molar-refractivity contribution < 1.29 is 14.3 Å². The molecule has 0 aromatic heterocycles. The Kier molecular flexibility index (Phi) is 2.24. The van der Waals surface area contributed by atoms with Crippen molar-refractivity contribution in [3.8, 4) is 0 Å². The maximum Gasteiger partial charge on any atom is 0.255 e. The molecule has 2 N–H and O–H groups in total. The third-order valence-corrected chi connectivity index (χ3v) is 1.85. The fourth-order valence-electron chi connectivity index (χ4n) is 1.19. The van der Waals surface area contributed by atoms with E-state index >= 15 is 0 Å². The molecule has 0 bridgehead atoms. The zero-order valence-electron chi connectivity index (χ0n) is 5.96. The highest BCUT2D eigenvalue weighted by molar-refractivity contribution is 5.84. The number of aliphatic hydroxyl groups excluding tert-OH is 1. The van der Waals surface area contributed by atoms with E-state index in [2.05, 4.69) is 11.9 Å². The van der Waals surface area contributed by atoms with E-state index in [-0.39, 0.29) is 6.61 Å². The van der Waals surface area contributed by atoms with Crippen LogP contribution in [0.2, 0.25) is 0 Å². The van der Waals surface area contributed by atoms with Gasteiger partial charge in [0.25, 0.3) is 5.91 Å². The Balaban J connectivity index is 2.72. The minimum atomic E-state index is -1.55. The van der Waals surface area contributed by atoms with E-state index in [1.165, 1.54) is 6.08 Å². The summed E-state index contributed by atoms with van der Waals surface area (Å²) in [5.74, 6) is -1.25. The molecule has 0 saturated carbocycles. The van der Waals surface area contributed by atoms with Crippen LogP contribution in [-0.4, -0.2) is 29.8 Å². The summed E-state index contributed by atoms with van der Waals surface area (Å²) in [5.41, 5.74) is 0. The molecule has 3 nitrogen and oxygen atoms in total. The van der Waals surface area contributed by atoms with Crippen molar-refractivity contribution >= 4 is 5.91 Å². The van der Waals surface area contributed by atoms with Crippen LogP contribution in [0.5, 0.6) is 0 Å². The van der Waals surface area contributed by atoms with Crippen molar-refractivity contribution in [1.82, 2.24) is 5.32 Å². The number of alkyl halides is 1. The molecule has 1 aliphatic rings. The van der Waals surface area contributed by atoms with Gasteiger partial charge in [0.05, 0.1) is 12.6 Å². The lowest BCUT2D eigenvalue weighted by molar-refractivity contribution is -0.123. The first-order valence-corrected chi connectivity index (χ1v) is 3.38. The Morgan fingerprint density at radius 3 is 2.82 bits per heavy atom. The largest absolute Gasteiger partial charge is 0.394 e. The molecule has 4 heteroatoms. The van der Waals surface area contributed by atoms with Crippen LogP contribution in [0.25, 0.3) is 0 Å². The molecule has 0 radical (unpaired) electrons. The lowest BCUT2D eigenvalue weighted by atomic mass is 10.0. The number of nitrogens with one attached hydrogen (secondary N) is 1. The summed E-state index contributed by atoms with van der Waals surface area (Å²) >= 11 is 0. The summed E-state index contributed by atoms with van der Waals surface area (Å²) in [4.78, 5) is 10.7. The highest BCUT2D eigenvalue weighted by Crippen LogP contribution is 2.20. The molecular weight excluding hydrogens is 149 g/mol. The van der Waals surface area contributed by atoms with Gasteiger partial charge in [-0.15, -0.1) is 6.58 Å². The average molecular weight is 159 g/mol. The van der Waals surface area contributed by atoms with Crippen molar-refractivity contribution in [2.75, 3.05) is 6.61 Å². The Hall–Kier alpha value is -0.900. The second-order valence-corrected chi connectivity index (χ2v) is 2.51. The van der Waals surface area contributed by atoms with Crippen molar-refractivity contribution in [3.05, 3.63) is 12.7 Å². The first-order chi connectivity index (χ1) is 5.20. The van der Waals surface area contributed by atoms with Crippen LogP contribution in [0.1, 0.15) is 0 Å². The molecule has 1 fully saturated rings. The lowest BCUT2D eigenvalue weighted by Crippen LogP contribution is -2.31. The zero-order chi connectivity index (χ0) is 8.43. The molecular formula is C7H10FNO2. The first-order valence-electron chi connectivity index (χ1n) is 3.38. The number of carbonyl (C=O) groups is 1. The van der Waals surface area contributed by atoms with Gasteiger partial charge in [-0.3, -0.25) is 4.79 Å². The predicted molar refractivity (Wildman–Crippen MR) is 37.6 cm³/mol. The van der Waals surface area contributed by atoms with E-state index in [0.29, 0.717) is 0 Å². The molecule has 1 heterocycles. The fraction of sp³-hybridized carbons (Fsp3) is 0.571. The molecule has 0 aliphatic carbocycles. The number of halogens is 1. The Morgan fingerprint density at radius 1 is 1.82 bits per heavy atom. The van der Waals surface area contributed by atoms with Gasteiger partial charge in [0.1, 0.15) is 0 Å². The highest BCUT2D eigenvalue weighted by Gasteiger charge is 2.40. The van der Waals surface area contributed by atoms with E-state index in [0.717, 1.165) is 0 Å². The molecule has 11 heavy (non-hydrogen) atoms. The van der Waals surface area contributed by atoms with Crippen molar-refractivity contribution in [2.24, 2.45) is 5.92 Å². The molecule has 62 valence electrons. The van der Waals surface area contributed by atoms with E-state index in [4.69, 9.17) is 5.11 Å². The van der Waals surface area contributed by atoms with Gasteiger partial charge >= 0.3 is 0 Å². The van der Waals surface area contributed by atoms with Crippen molar-refractivity contribution in [3.63, 3.8) is 0 Å². The number of carbonyl (C=O) groups excluding carboxylic acids is 1. The monoisotopic (exact) mass is 159 g/mol. The molecule has 1 saturated heterocycles. The second-order valence-electron chi connectivity index (χ2n) is 2.51. The minimum absolute atomic E-state index is 0.247. The maximum absolute atomic E-state index is 12.8. The number of rotatable bonds is 2. The molecule has 3 atom stereocenters. The normalized spacial score (nSPS) is 36.9. The predicted octanol–water partition coefficient (Wildman–Crippen LogP) is -0.383. The van der Waals surface area contributed by atoms with Gasteiger partial charge in [-0.05, 0) is 0 Å². The number of hydrogen-bond acceptors (Lipinski definition) is 2. The molecule has 0 aromatic carbocycles. The summed E-state index contributed by atoms with van der Waals surface area (Å²) in [5, 5.41) is 11.0. The summed E-state index contributed by atoms with van der Waals surface area (Å²) in [6.45, 7) is 3.14. The summed E-state index contributed by atoms with van der Waals surface area (Å²) < 4.78 is 12.8. The van der Waals surface area contributed by atoms with E-state index < -0.39 is 24.0 Å². The topological polar surface area (TPSA) is 49.3 Å². The van der Waals surface area contributed by atoms with Gasteiger partial charge in [-0.25, -0.2) is 4.39 Å². The Morgan fingerprint density at radius 2 is 2.45 bits per heavy atom. The zero-order valence-corrected chi connectivity index (χ0v) is 5.96. The SMILES string of the molecule is C=C[C@@H]1[C@H](CO)NC(=O)[C@@H]1F. The van der Waals surface area contributed by atoms with Crippen LogP contribution in [0, 0.1) is 5.92 Å². The van der Waals surface area contributed by atoms with E-state index in [9.17, 15) is 9.18 Å². The van der Waals surface area contributed by atoms with Gasteiger partial charge in [-0.2, -0.15) is 0 Å². The molecule has 1 rings (SSSR count). The Labute approximate surface area is 63.9 Å². The molecule has 1 amide bonds. The van der Waals surface area contributed by atoms with Gasteiger partial charge in [0.2, 0.25) is 0 Å². The second kappa shape index (κ2) is 3.00. The van der Waals surface area contributed by atoms with Gasteiger partial charge in [0.15, 0.2) is 6.17 Å². The minimum Gasteiger partial charge on any atom is -0.394 e. The summed E-state index contributed by atoms with van der Waals surface area (Å²) in [6.07, 6.45) is -0.201. The van der Waals surface area contributed by atoms with Crippen LogP contribution < -0.4 is 5.32 Å². The van der Waals surface area contributed by atoms with Crippen LogP contribution in [0.15, 0.2) is 12.7 Å². The van der Waals surface area contributed by atoms with Gasteiger partial charge in [-0.1, -0.05) is 6.08 Å². The number of aliphatic hydroxyl groups is 1. The first kappa shape index (κ1) is 8.20. The molecule has 0 spiro atoms. The lowest BCUT2D eigenvalue weighted by Gasteiger charge is -2.11. The summed E-state index contributed by atoms with van der Waals surface area (Å²) in [6, 6.07) is -0.505. The third-order valence-electron chi connectivity index (χ3n) is 1.85. The average Bonchev–Trinajstić information content (AvgIpc) is 2.28.